The minimum absolute atomic E-state index is 2.05. The second kappa shape index (κ2) is 5.60. The SMILES string of the molecule is O=S(=O)(ON(S(=O)(=O)C(F)(F)F)S(=O)(=O)C(F)(F)F)C(F)(F)F. The predicted octanol–water partition coefficient (Wildman–Crippen LogP) is 0.769. The van der Waals surface area contributed by atoms with Gasteiger partial charge in [0.05, 0.1) is 3.87 Å². The molecule has 0 N–H and O–H groups in total. The van der Waals surface area contributed by atoms with Crippen molar-refractivity contribution in [2.75, 3.05) is 0 Å². The van der Waals surface area contributed by atoms with Crippen LogP contribution in [-0.4, -0.2) is 45.7 Å². The van der Waals surface area contributed by atoms with Crippen LogP contribution in [-0.2, 0) is 34.4 Å². The van der Waals surface area contributed by atoms with E-state index in [4.69, 9.17) is 0 Å². The molecule has 23 heavy (non-hydrogen) atoms. The summed E-state index contributed by atoms with van der Waals surface area (Å²) >= 11 is 0. The van der Waals surface area contributed by atoms with Crippen LogP contribution in [0.15, 0.2) is 0 Å². The quantitative estimate of drug-likeness (QED) is 0.368. The number of hydrogen-bond acceptors (Lipinski definition) is 7. The van der Waals surface area contributed by atoms with Gasteiger partial charge in [0.15, 0.2) is 0 Å². The molecule has 0 aromatic rings. The van der Waals surface area contributed by atoms with E-state index in [1.165, 1.54) is 0 Å². The molecule has 0 aromatic carbocycles. The molecule has 0 unspecified atom stereocenters. The maximum Gasteiger partial charge on any atom is 0.524 e. The third-order valence-electron chi connectivity index (χ3n) is 1.42. The average molecular weight is 429 g/mol. The van der Waals surface area contributed by atoms with Crippen LogP contribution in [0, 0.1) is 0 Å². The summed E-state index contributed by atoms with van der Waals surface area (Å²) in [6, 6.07) is 0. The van der Waals surface area contributed by atoms with Gasteiger partial charge in [-0.15, -0.1) is 4.28 Å². The van der Waals surface area contributed by atoms with Crippen LogP contribution in [0.25, 0.3) is 0 Å². The van der Waals surface area contributed by atoms with Crippen molar-refractivity contribution in [1.29, 1.82) is 0 Å². The molecule has 0 aliphatic carbocycles. The topological polar surface area (TPSA) is 115 Å². The van der Waals surface area contributed by atoms with Crippen LogP contribution in [0.4, 0.5) is 39.5 Å². The first-order valence-corrected chi connectivity index (χ1v) is 8.32. The molecule has 0 aliphatic heterocycles. The Labute approximate surface area is 120 Å². The highest BCUT2D eigenvalue weighted by Gasteiger charge is 2.66. The Morgan fingerprint density at radius 3 is 1.00 bits per heavy atom. The molecule has 0 fully saturated rings. The van der Waals surface area contributed by atoms with Gasteiger partial charge < -0.3 is 0 Å². The summed E-state index contributed by atoms with van der Waals surface area (Å²) in [5, 5.41) is 0. The first-order valence-electron chi connectivity index (χ1n) is 4.03. The molecule has 0 spiro atoms. The molecule has 0 heterocycles. The van der Waals surface area contributed by atoms with Crippen LogP contribution in [0.3, 0.4) is 0 Å². The summed E-state index contributed by atoms with van der Waals surface area (Å²) in [5.41, 5.74) is -20.6. The van der Waals surface area contributed by atoms with Gasteiger partial charge in [0.2, 0.25) is 0 Å². The molecule has 8 nitrogen and oxygen atoms in total. The lowest BCUT2D eigenvalue weighted by Crippen LogP contribution is -2.51. The average Bonchev–Trinajstić information content (AvgIpc) is 2.20. The number of sulfonamides is 2. The summed E-state index contributed by atoms with van der Waals surface area (Å²) in [5.74, 6) is 0. The molecule has 0 aromatic heterocycles. The van der Waals surface area contributed by atoms with Gasteiger partial charge in [-0.1, -0.05) is 0 Å². The van der Waals surface area contributed by atoms with E-state index in [1.807, 2.05) is 4.28 Å². The first-order chi connectivity index (χ1) is 9.59. The molecule has 0 aliphatic rings. The normalized spacial score (nSPS) is 15.9. The summed E-state index contributed by atoms with van der Waals surface area (Å²) in [6.07, 6.45) is 0. The zero-order valence-corrected chi connectivity index (χ0v) is 11.9. The van der Waals surface area contributed by atoms with Crippen molar-refractivity contribution in [2.45, 2.75) is 16.5 Å². The van der Waals surface area contributed by atoms with E-state index in [1.54, 1.807) is 0 Å². The van der Waals surface area contributed by atoms with Crippen LogP contribution < -0.4 is 0 Å². The molecule has 0 bridgehead atoms. The summed E-state index contributed by atoms with van der Waals surface area (Å²) in [7, 11) is -23.2. The van der Waals surface area contributed by atoms with E-state index in [-0.39, 0.29) is 0 Å². The number of halogens is 9. The summed E-state index contributed by atoms with van der Waals surface area (Å²) in [6.45, 7) is 0. The molecule has 0 amide bonds. The fraction of sp³-hybridized carbons (Fsp3) is 1.00. The van der Waals surface area contributed by atoms with E-state index in [0.717, 1.165) is 0 Å². The molecule has 140 valence electrons. The molecule has 0 rings (SSSR count). The van der Waals surface area contributed by atoms with Gasteiger partial charge in [-0.05, 0) is 0 Å². The number of alkyl halides is 9. The van der Waals surface area contributed by atoms with Crippen molar-refractivity contribution in [3.05, 3.63) is 0 Å². The van der Waals surface area contributed by atoms with Crippen LogP contribution in [0.2, 0.25) is 0 Å². The van der Waals surface area contributed by atoms with Crippen molar-refractivity contribution in [1.82, 2.24) is 3.87 Å². The second-order valence-corrected chi connectivity index (χ2v) is 8.28. The van der Waals surface area contributed by atoms with Crippen LogP contribution in [0.1, 0.15) is 0 Å². The Morgan fingerprint density at radius 1 is 0.565 bits per heavy atom. The zero-order chi connectivity index (χ0) is 19.3. The maximum atomic E-state index is 12.1. The lowest BCUT2D eigenvalue weighted by Gasteiger charge is -2.22. The standard InChI is InChI=1S/C3F9NO7S3/c4-1(5,6)21(14,15)13(22(16,17)2(7,8)9)20-23(18,19)3(10,11)12. The van der Waals surface area contributed by atoms with Gasteiger partial charge in [0, 0.05) is 0 Å². The largest absolute Gasteiger partial charge is 0.524 e. The van der Waals surface area contributed by atoms with Crippen molar-refractivity contribution < 1.29 is 69.1 Å². The van der Waals surface area contributed by atoms with Crippen LogP contribution in [0.5, 0.6) is 0 Å². The first kappa shape index (κ1) is 22.1. The monoisotopic (exact) mass is 429 g/mol. The van der Waals surface area contributed by atoms with Crippen molar-refractivity contribution in [2.24, 2.45) is 0 Å². The highest BCUT2D eigenvalue weighted by Crippen LogP contribution is 2.37. The fourth-order valence-corrected chi connectivity index (χ4v) is 3.75. The minimum Gasteiger partial charge on any atom is -0.199 e. The van der Waals surface area contributed by atoms with Gasteiger partial charge in [0.1, 0.15) is 0 Å². The van der Waals surface area contributed by atoms with Crippen molar-refractivity contribution in [3.63, 3.8) is 0 Å². The smallest absolute Gasteiger partial charge is 0.199 e. The van der Waals surface area contributed by atoms with Gasteiger partial charge >= 0.3 is 46.7 Å². The molecular formula is C3F9NO7S3. The highest BCUT2D eigenvalue weighted by molar-refractivity contribution is 8.05. The highest BCUT2D eigenvalue weighted by atomic mass is 32.3. The number of hydrogen-bond donors (Lipinski definition) is 0. The summed E-state index contributed by atoms with van der Waals surface area (Å²) in [4.78, 5) is 0. The van der Waals surface area contributed by atoms with E-state index < -0.39 is 50.6 Å². The fourth-order valence-electron chi connectivity index (χ4n) is 0.501. The van der Waals surface area contributed by atoms with Gasteiger partial charge in [-0.2, -0.15) is 64.8 Å². The van der Waals surface area contributed by atoms with Gasteiger partial charge in [-0.3, -0.25) is 0 Å². The van der Waals surface area contributed by atoms with E-state index in [9.17, 15) is 64.8 Å². The Morgan fingerprint density at radius 2 is 0.826 bits per heavy atom. The van der Waals surface area contributed by atoms with Crippen molar-refractivity contribution in [3.8, 4) is 0 Å². The molecule has 0 radical (unpaired) electrons. The Hall–Kier alpha value is -0.860. The predicted molar refractivity (Wildman–Crippen MR) is 47.8 cm³/mol. The second-order valence-electron chi connectivity index (χ2n) is 3.04. The summed E-state index contributed by atoms with van der Waals surface area (Å²) < 4.78 is 170. The number of rotatable bonds is 4. The lowest BCUT2D eigenvalue weighted by molar-refractivity contribution is -0.0812. The Balaban J connectivity index is 6.55. The van der Waals surface area contributed by atoms with E-state index in [0.29, 0.717) is 0 Å². The van der Waals surface area contributed by atoms with E-state index in [2.05, 4.69) is 0 Å². The minimum atomic E-state index is -7.85. The third-order valence-corrected chi connectivity index (χ3v) is 5.80. The molecule has 0 saturated heterocycles. The lowest BCUT2D eigenvalue weighted by atomic mass is 11.6. The zero-order valence-electron chi connectivity index (χ0n) is 9.43. The van der Waals surface area contributed by atoms with Crippen LogP contribution >= 0.6 is 0 Å². The molecule has 0 atom stereocenters. The van der Waals surface area contributed by atoms with Gasteiger partial charge in [-0.25, -0.2) is 0 Å². The Bertz CT molecular complexity index is 709. The molecule has 0 saturated carbocycles. The maximum absolute atomic E-state index is 12.1. The van der Waals surface area contributed by atoms with E-state index >= 15 is 0 Å². The Kier molecular flexibility index (Phi) is 5.39. The van der Waals surface area contributed by atoms with Gasteiger partial charge in [0.25, 0.3) is 0 Å². The molecular weight excluding hydrogens is 429 g/mol. The number of nitrogens with zero attached hydrogens (tertiary/aromatic N) is 1. The third kappa shape index (κ3) is 4.16. The molecule has 20 heteroatoms. The van der Waals surface area contributed by atoms with Crippen molar-refractivity contribution >= 4 is 30.2 Å².